The topological polar surface area (TPSA) is 87.7 Å². The molecule has 2 fully saturated rings. The molecule has 3 N–H and O–H groups in total. The summed E-state index contributed by atoms with van der Waals surface area (Å²) >= 11 is 0. The largest absolute Gasteiger partial charge is 0.508 e. The quantitative estimate of drug-likeness (QED) is 0.712. The molecule has 0 bridgehead atoms. The number of rotatable bonds is 6. The fraction of sp³-hybridized carbons (Fsp3) is 0.667. The van der Waals surface area contributed by atoms with E-state index in [9.17, 15) is 13.5 Å². The number of piperidine rings is 1. The summed E-state index contributed by atoms with van der Waals surface area (Å²) in [7, 11) is -3.21. The molecule has 140 valence electrons. The van der Waals surface area contributed by atoms with Crippen molar-refractivity contribution in [1.29, 1.82) is 0 Å². The van der Waals surface area contributed by atoms with Crippen LogP contribution in [-0.4, -0.2) is 51.1 Å². The maximum absolute atomic E-state index is 11.5. The minimum atomic E-state index is -3.21. The van der Waals surface area contributed by atoms with Crippen LogP contribution in [0.5, 0.6) is 5.75 Å². The highest BCUT2D eigenvalue weighted by Crippen LogP contribution is 2.37. The molecule has 1 aliphatic carbocycles. The van der Waals surface area contributed by atoms with Crippen molar-refractivity contribution < 1.29 is 18.3 Å². The molecule has 1 aliphatic heterocycles. The van der Waals surface area contributed by atoms with Crippen molar-refractivity contribution in [3.63, 3.8) is 0 Å². The van der Waals surface area contributed by atoms with Crippen LogP contribution in [0.2, 0.25) is 0 Å². The second-order valence-electron chi connectivity index (χ2n) is 7.26. The van der Waals surface area contributed by atoms with Crippen LogP contribution in [0.25, 0.3) is 0 Å². The molecule has 4 unspecified atom stereocenters. The molecule has 7 heteroatoms. The summed E-state index contributed by atoms with van der Waals surface area (Å²) in [5, 5.41) is 13.0. The third-order valence-electron chi connectivity index (χ3n) is 5.19. The van der Waals surface area contributed by atoms with Crippen LogP contribution in [0.4, 0.5) is 0 Å². The van der Waals surface area contributed by atoms with E-state index in [1.54, 1.807) is 6.07 Å². The Kier molecular flexibility index (Phi) is 5.99. The van der Waals surface area contributed by atoms with E-state index in [1.165, 1.54) is 11.8 Å². The number of hydrogen-bond donors (Lipinski definition) is 3. The molecular formula is C18H28N2O4S. The normalized spacial score (nSPS) is 30.4. The Morgan fingerprint density at radius 1 is 1.32 bits per heavy atom. The lowest BCUT2D eigenvalue weighted by molar-refractivity contribution is 0.0321. The van der Waals surface area contributed by atoms with Gasteiger partial charge in [0, 0.05) is 12.1 Å². The van der Waals surface area contributed by atoms with Crippen LogP contribution in [0, 0.1) is 0 Å². The molecule has 4 atom stereocenters. The Balaban J connectivity index is 1.51. The van der Waals surface area contributed by atoms with E-state index in [1.807, 2.05) is 12.1 Å². The van der Waals surface area contributed by atoms with Crippen molar-refractivity contribution in [1.82, 2.24) is 10.0 Å². The van der Waals surface area contributed by atoms with Gasteiger partial charge in [-0.25, -0.2) is 13.1 Å². The summed E-state index contributed by atoms with van der Waals surface area (Å²) in [4.78, 5) is 0. The first-order valence-electron chi connectivity index (χ1n) is 9.02. The molecule has 1 heterocycles. The lowest BCUT2D eigenvalue weighted by atomic mass is 9.97. The molecule has 1 aromatic carbocycles. The van der Waals surface area contributed by atoms with Crippen molar-refractivity contribution in [3.05, 3.63) is 29.8 Å². The number of ether oxygens (including phenoxy) is 1. The number of aromatic hydroxyl groups is 1. The summed E-state index contributed by atoms with van der Waals surface area (Å²) in [5.74, 6) is 0.726. The highest BCUT2D eigenvalue weighted by atomic mass is 32.2. The second-order valence-corrected chi connectivity index (χ2v) is 9.04. The average Bonchev–Trinajstić information content (AvgIpc) is 3.02. The summed E-state index contributed by atoms with van der Waals surface area (Å²) in [6, 6.07) is 7.38. The SMILES string of the molecule is CS(=O)(=O)NC1CCCNC1COC1CCC(c2cccc(O)c2)C1. The molecule has 25 heavy (non-hydrogen) atoms. The Bertz CT molecular complexity index is 679. The molecule has 3 rings (SSSR count). The van der Waals surface area contributed by atoms with Crippen molar-refractivity contribution in [2.24, 2.45) is 0 Å². The van der Waals surface area contributed by atoms with Gasteiger partial charge in [0.1, 0.15) is 5.75 Å². The van der Waals surface area contributed by atoms with Gasteiger partial charge in [0.2, 0.25) is 10.0 Å². The van der Waals surface area contributed by atoms with Gasteiger partial charge >= 0.3 is 0 Å². The number of sulfonamides is 1. The van der Waals surface area contributed by atoms with Gasteiger partial charge in [0.15, 0.2) is 0 Å². The molecule has 1 aromatic rings. The minimum absolute atomic E-state index is 0.0169. The van der Waals surface area contributed by atoms with E-state index in [-0.39, 0.29) is 18.2 Å². The third-order valence-corrected chi connectivity index (χ3v) is 5.92. The van der Waals surface area contributed by atoms with Gasteiger partial charge in [0.05, 0.1) is 19.0 Å². The number of nitrogens with one attached hydrogen (secondary N) is 2. The fourth-order valence-corrected chi connectivity index (χ4v) is 4.79. The number of phenols is 1. The molecule has 0 radical (unpaired) electrons. The molecule has 0 amide bonds. The Morgan fingerprint density at radius 2 is 2.16 bits per heavy atom. The highest BCUT2D eigenvalue weighted by molar-refractivity contribution is 7.88. The first-order valence-corrected chi connectivity index (χ1v) is 10.9. The standard InChI is InChI=1S/C18H28N2O4S/c1-25(22,23)20-17-6-3-9-19-18(17)12-24-16-8-7-14(11-16)13-4-2-5-15(21)10-13/h2,4-5,10,14,16-21H,3,6-9,11-12H2,1H3. The van der Waals surface area contributed by atoms with Gasteiger partial charge in [-0.3, -0.25) is 0 Å². The lowest BCUT2D eigenvalue weighted by Crippen LogP contribution is -2.55. The van der Waals surface area contributed by atoms with Gasteiger partial charge in [-0.1, -0.05) is 12.1 Å². The maximum atomic E-state index is 11.5. The van der Waals surface area contributed by atoms with E-state index >= 15 is 0 Å². The Morgan fingerprint density at radius 3 is 2.92 bits per heavy atom. The average molecular weight is 368 g/mol. The zero-order valence-corrected chi connectivity index (χ0v) is 15.5. The molecule has 6 nitrogen and oxygen atoms in total. The van der Waals surface area contributed by atoms with Crippen LogP contribution in [-0.2, 0) is 14.8 Å². The third kappa shape index (κ3) is 5.41. The summed E-state index contributed by atoms with van der Waals surface area (Å²) in [6.45, 7) is 1.41. The van der Waals surface area contributed by atoms with Crippen molar-refractivity contribution >= 4 is 10.0 Å². The van der Waals surface area contributed by atoms with Crippen molar-refractivity contribution in [2.75, 3.05) is 19.4 Å². The van der Waals surface area contributed by atoms with E-state index in [0.717, 1.165) is 38.6 Å². The maximum Gasteiger partial charge on any atom is 0.209 e. The van der Waals surface area contributed by atoms with Crippen molar-refractivity contribution in [2.45, 2.75) is 56.2 Å². The summed E-state index contributed by atoms with van der Waals surface area (Å²) < 4.78 is 31.9. The monoisotopic (exact) mass is 368 g/mol. The van der Waals surface area contributed by atoms with Crippen LogP contribution >= 0.6 is 0 Å². The van der Waals surface area contributed by atoms with Crippen LogP contribution in [0.15, 0.2) is 24.3 Å². The van der Waals surface area contributed by atoms with Crippen molar-refractivity contribution in [3.8, 4) is 5.75 Å². The number of phenolic OH excluding ortho intramolecular Hbond substituents is 1. The van der Waals surface area contributed by atoms with Gasteiger partial charge in [0.25, 0.3) is 0 Å². The van der Waals surface area contributed by atoms with E-state index in [2.05, 4.69) is 16.1 Å². The van der Waals surface area contributed by atoms with Gasteiger partial charge < -0.3 is 15.2 Å². The van der Waals surface area contributed by atoms with Crippen LogP contribution in [0.1, 0.15) is 43.6 Å². The predicted molar refractivity (Wildman–Crippen MR) is 97.2 cm³/mol. The minimum Gasteiger partial charge on any atom is -0.508 e. The first kappa shape index (κ1) is 18.6. The van der Waals surface area contributed by atoms with Crippen LogP contribution < -0.4 is 10.0 Å². The molecule has 0 aromatic heterocycles. The summed E-state index contributed by atoms with van der Waals surface area (Å²) in [5.41, 5.74) is 1.17. The van der Waals surface area contributed by atoms with E-state index < -0.39 is 10.0 Å². The van der Waals surface area contributed by atoms with E-state index in [4.69, 9.17) is 4.74 Å². The Labute approximate surface area is 150 Å². The van der Waals surface area contributed by atoms with Gasteiger partial charge in [-0.2, -0.15) is 0 Å². The molecule has 1 saturated heterocycles. The number of hydrogen-bond acceptors (Lipinski definition) is 5. The van der Waals surface area contributed by atoms with Gasteiger partial charge in [-0.15, -0.1) is 0 Å². The smallest absolute Gasteiger partial charge is 0.209 e. The summed E-state index contributed by atoms with van der Waals surface area (Å²) in [6.07, 6.45) is 6.19. The molecular weight excluding hydrogens is 340 g/mol. The molecule has 2 aliphatic rings. The fourth-order valence-electron chi connectivity index (χ4n) is 3.96. The molecule has 0 spiro atoms. The predicted octanol–water partition coefficient (Wildman–Crippen LogP) is 1.71. The first-order chi connectivity index (χ1) is 11.9. The Hall–Kier alpha value is -1.15. The van der Waals surface area contributed by atoms with Crippen LogP contribution in [0.3, 0.4) is 0 Å². The zero-order chi connectivity index (χ0) is 17.9. The second kappa shape index (κ2) is 8.03. The highest BCUT2D eigenvalue weighted by Gasteiger charge is 2.31. The van der Waals surface area contributed by atoms with Gasteiger partial charge in [-0.05, 0) is 62.3 Å². The number of benzene rings is 1. The lowest BCUT2D eigenvalue weighted by Gasteiger charge is -2.33. The van der Waals surface area contributed by atoms with E-state index in [0.29, 0.717) is 18.3 Å². The zero-order valence-electron chi connectivity index (χ0n) is 14.6. The molecule has 1 saturated carbocycles.